The molecule has 0 aliphatic heterocycles. The summed E-state index contributed by atoms with van der Waals surface area (Å²) in [5, 5.41) is 2.82. The second kappa shape index (κ2) is 9.21. The fourth-order valence-corrected chi connectivity index (χ4v) is 2.61. The minimum absolute atomic E-state index is 0.248. The van der Waals surface area contributed by atoms with Gasteiger partial charge in [0.25, 0.3) is 5.91 Å². The number of hydrogen-bond acceptors (Lipinski definition) is 4. The van der Waals surface area contributed by atoms with Crippen LogP contribution >= 0.6 is 0 Å². The highest BCUT2D eigenvalue weighted by molar-refractivity contribution is 5.96. The summed E-state index contributed by atoms with van der Waals surface area (Å²) in [5.41, 5.74) is 3.85. The van der Waals surface area contributed by atoms with Crippen LogP contribution < -0.4 is 10.1 Å². The third-order valence-corrected chi connectivity index (χ3v) is 4.31. The van der Waals surface area contributed by atoms with Crippen molar-refractivity contribution >= 4 is 17.6 Å². The Morgan fingerprint density at radius 2 is 1.56 bits per heavy atom. The predicted molar refractivity (Wildman–Crippen MR) is 106 cm³/mol. The van der Waals surface area contributed by atoms with Crippen LogP contribution in [0.2, 0.25) is 0 Å². The Bertz CT molecular complexity index is 776. The zero-order chi connectivity index (χ0) is 20.0. The van der Waals surface area contributed by atoms with Crippen molar-refractivity contribution in [1.29, 1.82) is 0 Å². The molecule has 0 radical (unpaired) electrons. The molecule has 0 saturated heterocycles. The number of esters is 1. The highest BCUT2D eigenvalue weighted by Gasteiger charge is 2.19. The normalized spacial score (nSPS) is 11.8. The third kappa shape index (κ3) is 5.84. The molecule has 0 aliphatic carbocycles. The van der Waals surface area contributed by atoms with Crippen LogP contribution in [0.1, 0.15) is 43.4 Å². The van der Waals surface area contributed by atoms with E-state index in [1.54, 1.807) is 0 Å². The van der Waals surface area contributed by atoms with Crippen molar-refractivity contribution in [2.75, 3.05) is 11.9 Å². The summed E-state index contributed by atoms with van der Waals surface area (Å²) >= 11 is 0. The first kappa shape index (κ1) is 20.5. The van der Waals surface area contributed by atoms with E-state index in [2.05, 4.69) is 19.2 Å². The van der Waals surface area contributed by atoms with Crippen LogP contribution in [0, 0.1) is 13.8 Å². The molecular formula is C22H27NO4. The van der Waals surface area contributed by atoms with Gasteiger partial charge in [-0.25, -0.2) is 4.79 Å². The molecule has 5 heteroatoms. The summed E-state index contributed by atoms with van der Waals surface area (Å²) in [6, 6.07) is 13.3. The Balaban J connectivity index is 1.84. The highest BCUT2D eigenvalue weighted by Crippen LogP contribution is 2.20. The SMILES string of the molecule is Cc1cccc(C)c1NC(=O)[C@@H](C)OC(=O)COc1ccc(C(C)C)cc1. The van der Waals surface area contributed by atoms with E-state index in [-0.39, 0.29) is 12.5 Å². The van der Waals surface area contributed by atoms with Crippen LogP contribution in [0.3, 0.4) is 0 Å². The first-order chi connectivity index (χ1) is 12.8. The lowest BCUT2D eigenvalue weighted by molar-refractivity contribution is -0.155. The second-order valence-electron chi connectivity index (χ2n) is 6.90. The van der Waals surface area contributed by atoms with E-state index in [1.807, 2.05) is 56.3 Å². The average Bonchev–Trinajstić information content (AvgIpc) is 2.63. The molecule has 5 nitrogen and oxygen atoms in total. The van der Waals surface area contributed by atoms with Gasteiger partial charge in [-0.05, 0) is 55.5 Å². The van der Waals surface area contributed by atoms with Gasteiger partial charge in [-0.15, -0.1) is 0 Å². The third-order valence-electron chi connectivity index (χ3n) is 4.31. The van der Waals surface area contributed by atoms with Crippen molar-refractivity contribution in [2.24, 2.45) is 0 Å². The quantitative estimate of drug-likeness (QED) is 0.736. The number of para-hydroxylation sites is 1. The zero-order valence-electron chi connectivity index (χ0n) is 16.5. The maximum atomic E-state index is 12.3. The fraction of sp³-hybridized carbons (Fsp3) is 0.364. The van der Waals surface area contributed by atoms with Gasteiger partial charge in [0.2, 0.25) is 0 Å². The number of ether oxygens (including phenoxy) is 2. The van der Waals surface area contributed by atoms with Gasteiger partial charge >= 0.3 is 5.97 Å². The molecule has 1 amide bonds. The minimum Gasteiger partial charge on any atom is -0.482 e. The average molecular weight is 369 g/mol. The molecule has 0 fully saturated rings. The van der Waals surface area contributed by atoms with Crippen molar-refractivity contribution in [3.05, 3.63) is 59.2 Å². The molecule has 0 spiro atoms. The van der Waals surface area contributed by atoms with Gasteiger partial charge in [0.1, 0.15) is 5.75 Å². The van der Waals surface area contributed by atoms with Crippen LogP contribution in [-0.2, 0) is 14.3 Å². The molecule has 0 heterocycles. The first-order valence-electron chi connectivity index (χ1n) is 9.07. The van der Waals surface area contributed by atoms with E-state index in [1.165, 1.54) is 12.5 Å². The number of carbonyl (C=O) groups is 2. The molecule has 1 atom stereocenters. The summed E-state index contributed by atoms with van der Waals surface area (Å²) in [7, 11) is 0. The molecule has 2 rings (SSSR count). The first-order valence-corrected chi connectivity index (χ1v) is 9.07. The molecule has 27 heavy (non-hydrogen) atoms. The predicted octanol–water partition coefficient (Wildman–Crippen LogP) is 4.38. The monoisotopic (exact) mass is 369 g/mol. The summed E-state index contributed by atoms with van der Waals surface area (Å²) < 4.78 is 10.6. The molecule has 0 bridgehead atoms. The van der Waals surface area contributed by atoms with Gasteiger partial charge < -0.3 is 14.8 Å². The van der Waals surface area contributed by atoms with Crippen LogP contribution in [-0.4, -0.2) is 24.6 Å². The summed E-state index contributed by atoms with van der Waals surface area (Å²) in [6.45, 7) is 9.34. The van der Waals surface area contributed by atoms with Crippen molar-refractivity contribution in [2.45, 2.75) is 46.6 Å². The largest absolute Gasteiger partial charge is 0.482 e. The number of rotatable bonds is 7. The Hall–Kier alpha value is -2.82. The van der Waals surface area contributed by atoms with Crippen molar-refractivity contribution in [3.63, 3.8) is 0 Å². The second-order valence-corrected chi connectivity index (χ2v) is 6.90. The van der Waals surface area contributed by atoms with Gasteiger partial charge in [0.05, 0.1) is 0 Å². The number of hydrogen-bond donors (Lipinski definition) is 1. The van der Waals surface area contributed by atoms with E-state index in [9.17, 15) is 9.59 Å². The van der Waals surface area contributed by atoms with E-state index in [4.69, 9.17) is 9.47 Å². The lowest BCUT2D eigenvalue weighted by Crippen LogP contribution is -2.32. The number of aryl methyl sites for hydroxylation is 2. The smallest absolute Gasteiger partial charge is 0.344 e. The molecule has 0 aliphatic rings. The van der Waals surface area contributed by atoms with Crippen LogP contribution in [0.15, 0.2) is 42.5 Å². The fourth-order valence-electron chi connectivity index (χ4n) is 2.61. The summed E-state index contributed by atoms with van der Waals surface area (Å²) in [6.07, 6.45) is -0.913. The molecule has 2 aromatic rings. The van der Waals surface area contributed by atoms with E-state index < -0.39 is 12.1 Å². The topological polar surface area (TPSA) is 64.6 Å². The Labute approximate surface area is 160 Å². The van der Waals surface area contributed by atoms with Crippen LogP contribution in [0.4, 0.5) is 5.69 Å². The highest BCUT2D eigenvalue weighted by atomic mass is 16.6. The molecule has 2 aromatic carbocycles. The number of nitrogens with one attached hydrogen (secondary N) is 1. The van der Waals surface area contributed by atoms with Crippen molar-refractivity contribution in [3.8, 4) is 5.75 Å². The van der Waals surface area contributed by atoms with Crippen molar-refractivity contribution < 1.29 is 19.1 Å². The lowest BCUT2D eigenvalue weighted by Gasteiger charge is -2.16. The number of carbonyl (C=O) groups excluding carboxylic acids is 2. The van der Waals surface area contributed by atoms with Crippen LogP contribution in [0.5, 0.6) is 5.75 Å². The summed E-state index contributed by atoms with van der Waals surface area (Å²) in [5.74, 6) is 0.0541. The van der Waals surface area contributed by atoms with Gasteiger partial charge in [0.15, 0.2) is 12.7 Å². The van der Waals surface area contributed by atoms with Crippen LogP contribution in [0.25, 0.3) is 0 Å². The van der Waals surface area contributed by atoms with Crippen molar-refractivity contribution in [1.82, 2.24) is 0 Å². The van der Waals surface area contributed by atoms with Gasteiger partial charge in [0, 0.05) is 5.69 Å². The Kier molecular flexibility index (Phi) is 6.99. The molecular weight excluding hydrogens is 342 g/mol. The molecule has 144 valence electrons. The molecule has 0 unspecified atom stereocenters. The maximum absolute atomic E-state index is 12.3. The molecule has 0 saturated carbocycles. The van der Waals surface area contributed by atoms with E-state index >= 15 is 0 Å². The Morgan fingerprint density at radius 1 is 0.963 bits per heavy atom. The van der Waals surface area contributed by atoms with Gasteiger partial charge in [-0.1, -0.05) is 44.2 Å². The number of amides is 1. The minimum atomic E-state index is -0.913. The van der Waals surface area contributed by atoms with E-state index in [0.717, 1.165) is 16.8 Å². The lowest BCUT2D eigenvalue weighted by atomic mass is 10.0. The standard InChI is InChI=1S/C22H27NO4/c1-14(2)18-9-11-19(12-10-18)26-13-20(24)27-17(5)22(25)23-21-15(3)7-6-8-16(21)4/h6-12,14,17H,13H2,1-5H3,(H,23,25)/t17-/m1/s1. The van der Waals surface area contributed by atoms with Gasteiger partial charge in [-0.2, -0.15) is 0 Å². The summed E-state index contributed by atoms with van der Waals surface area (Å²) in [4.78, 5) is 24.3. The molecule has 0 aromatic heterocycles. The van der Waals surface area contributed by atoms with E-state index in [0.29, 0.717) is 11.7 Å². The Morgan fingerprint density at radius 3 is 2.11 bits per heavy atom. The zero-order valence-corrected chi connectivity index (χ0v) is 16.5. The number of anilines is 1. The molecule has 1 N–H and O–H groups in total. The number of benzene rings is 2. The van der Waals surface area contributed by atoms with Gasteiger partial charge in [-0.3, -0.25) is 4.79 Å². The maximum Gasteiger partial charge on any atom is 0.344 e.